The highest BCUT2D eigenvalue weighted by Crippen LogP contribution is 2.35. The maximum absolute atomic E-state index is 12.5. The van der Waals surface area contributed by atoms with Crippen LogP contribution in [-0.4, -0.2) is 25.1 Å². The van der Waals surface area contributed by atoms with Crippen LogP contribution in [0.2, 0.25) is 0 Å². The second-order valence-electron chi connectivity index (χ2n) is 6.11. The topological polar surface area (TPSA) is 59.6 Å². The van der Waals surface area contributed by atoms with Crippen molar-refractivity contribution in [2.24, 2.45) is 0 Å². The van der Waals surface area contributed by atoms with Gasteiger partial charge in [0.25, 0.3) is 5.91 Å². The third-order valence-corrected chi connectivity index (χ3v) is 5.51. The van der Waals surface area contributed by atoms with Crippen molar-refractivity contribution in [2.75, 3.05) is 19.0 Å². The molecule has 1 aliphatic rings. The monoisotopic (exact) mass is 460 g/mol. The Kier molecular flexibility index (Phi) is 6.70. The van der Waals surface area contributed by atoms with Gasteiger partial charge in [-0.3, -0.25) is 4.79 Å². The molecule has 2 aromatic rings. The smallest absolute Gasteiger partial charge is 0.260 e. The van der Waals surface area contributed by atoms with Gasteiger partial charge in [-0.2, -0.15) is 0 Å². The van der Waals surface area contributed by atoms with E-state index in [1.54, 1.807) is 13.2 Å². The van der Waals surface area contributed by atoms with Crippen molar-refractivity contribution in [1.29, 1.82) is 0 Å². The third kappa shape index (κ3) is 4.91. The first-order valence-corrected chi connectivity index (χ1v) is 10.3. The Morgan fingerprint density at radius 3 is 2.82 bits per heavy atom. The quantitative estimate of drug-likeness (QED) is 0.452. The van der Waals surface area contributed by atoms with Crippen LogP contribution in [0, 0.1) is 6.92 Å². The maximum atomic E-state index is 12.5. The Hall–Kier alpha value is -2.38. The van der Waals surface area contributed by atoms with E-state index < -0.39 is 0 Å². The molecule has 1 amide bonds. The Balaban J connectivity index is 1.81. The normalized spacial score (nSPS) is 17.3. The van der Waals surface area contributed by atoms with E-state index in [1.807, 2.05) is 49.4 Å². The average molecular weight is 461 g/mol. The van der Waals surface area contributed by atoms with Crippen LogP contribution in [0.4, 0.5) is 5.69 Å². The van der Waals surface area contributed by atoms with Crippen LogP contribution in [0.3, 0.4) is 0 Å². The minimum Gasteiger partial charge on any atom is -0.495 e. The lowest BCUT2D eigenvalue weighted by Gasteiger charge is -2.16. The van der Waals surface area contributed by atoms with Gasteiger partial charge in [-0.05, 0) is 48.9 Å². The summed E-state index contributed by atoms with van der Waals surface area (Å²) >= 11 is 4.88. The number of benzene rings is 2. The zero-order valence-electron chi connectivity index (χ0n) is 15.6. The zero-order valence-corrected chi connectivity index (χ0v) is 18.0. The van der Waals surface area contributed by atoms with E-state index in [-0.39, 0.29) is 11.4 Å². The summed E-state index contributed by atoms with van der Waals surface area (Å²) in [6, 6.07) is 11.6. The number of nitrogens with one attached hydrogen (secondary N) is 2. The summed E-state index contributed by atoms with van der Waals surface area (Å²) < 4.78 is 12.0. The van der Waals surface area contributed by atoms with E-state index >= 15 is 0 Å². The van der Waals surface area contributed by atoms with Gasteiger partial charge in [-0.1, -0.05) is 46.4 Å². The Bertz CT molecular complexity index is 930. The van der Waals surface area contributed by atoms with Crippen LogP contribution in [-0.2, 0) is 4.79 Å². The lowest BCUT2D eigenvalue weighted by molar-refractivity contribution is -0.116. The molecule has 0 saturated carbocycles. The highest BCUT2D eigenvalue weighted by atomic mass is 79.9. The van der Waals surface area contributed by atoms with Crippen LogP contribution < -0.4 is 20.1 Å². The van der Waals surface area contributed by atoms with E-state index in [1.165, 1.54) is 11.8 Å². The summed E-state index contributed by atoms with van der Waals surface area (Å²) in [6.45, 7) is 6.08. The Labute approximate surface area is 177 Å². The fraction of sp³-hybridized carbons (Fsp3) is 0.190. The van der Waals surface area contributed by atoms with Crippen molar-refractivity contribution in [2.45, 2.75) is 12.4 Å². The summed E-state index contributed by atoms with van der Waals surface area (Å²) in [6.07, 6.45) is 3.52. The number of aryl methyl sites for hydroxylation is 1. The molecule has 146 valence electrons. The first kappa shape index (κ1) is 20.4. The second kappa shape index (κ2) is 9.21. The second-order valence-corrected chi connectivity index (χ2v) is 8.17. The molecule has 1 fully saturated rings. The first-order chi connectivity index (χ1) is 13.5. The lowest BCUT2D eigenvalue weighted by atomic mass is 10.2. The van der Waals surface area contributed by atoms with Crippen molar-refractivity contribution in [3.63, 3.8) is 0 Å². The van der Waals surface area contributed by atoms with E-state index in [0.717, 1.165) is 27.0 Å². The van der Waals surface area contributed by atoms with Gasteiger partial charge in [0.1, 0.15) is 18.1 Å². The standard InChI is InChI=1S/C21H21BrN2O3S/c1-4-9-27-17-8-6-15(22)11-14(17)12-19-20(25)24-21(28-19)23-16-10-13(2)5-7-18(16)26-3/h4-8,10-12,21,23H,1,9H2,2-3H3,(H,24,25)/b19-12-. The fourth-order valence-electron chi connectivity index (χ4n) is 2.69. The first-order valence-electron chi connectivity index (χ1n) is 8.64. The number of ether oxygens (including phenoxy) is 2. The molecule has 0 spiro atoms. The number of amides is 1. The minimum atomic E-state index is -0.292. The predicted molar refractivity (Wildman–Crippen MR) is 119 cm³/mol. The van der Waals surface area contributed by atoms with Gasteiger partial charge < -0.3 is 20.1 Å². The summed E-state index contributed by atoms with van der Waals surface area (Å²) in [5.74, 6) is 1.29. The highest BCUT2D eigenvalue weighted by Gasteiger charge is 2.28. The van der Waals surface area contributed by atoms with Crippen molar-refractivity contribution < 1.29 is 14.3 Å². The van der Waals surface area contributed by atoms with Gasteiger partial charge in [0, 0.05) is 10.0 Å². The van der Waals surface area contributed by atoms with Crippen molar-refractivity contribution in [1.82, 2.24) is 5.32 Å². The van der Waals surface area contributed by atoms with Gasteiger partial charge in [-0.15, -0.1) is 0 Å². The molecule has 0 radical (unpaired) electrons. The van der Waals surface area contributed by atoms with Gasteiger partial charge in [0.15, 0.2) is 5.50 Å². The molecule has 3 rings (SSSR count). The number of thioether (sulfide) groups is 1. The van der Waals surface area contributed by atoms with Crippen LogP contribution in [0.5, 0.6) is 11.5 Å². The molecule has 2 aromatic carbocycles. The number of methoxy groups -OCH3 is 1. The van der Waals surface area contributed by atoms with Crippen LogP contribution in [0.25, 0.3) is 6.08 Å². The van der Waals surface area contributed by atoms with E-state index in [9.17, 15) is 4.79 Å². The van der Waals surface area contributed by atoms with E-state index in [4.69, 9.17) is 9.47 Å². The third-order valence-electron chi connectivity index (χ3n) is 3.99. The highest BCUT2D eigenvalue weighted by molar-refractivity contribution is 9.10. The molecule has 2 N–H and O–H groups in total. The number of hydrogen-bond donors (Lipinski definition) is 2. The molecule has 0 aliphatic carbocycles. The van der Waals surface area contributed by atoms with Crippen LogP contribution in [0.15, 0.2) is 58.4 Å². The SMILES string of the molecule is C=CCOc1ccc(Br)cc1/C=C1\SC(Nc2cc(C)ccc2OC)NC1=O. The summed E-state index contributed by atoms with van der Waals surface area (Å²) in [5, 5.41) is 6.26. The largest absolute Gasteiger partial charge is 0.495 e. The Morgan fingerprint density at radius 1 is 1.29 bits per heavy atom. The number of carbonyl (C=O) groups is 1. The van der Waals surface area contributed by atoms with Crippen LogP contribution >= 0.6 is 27.7 Å². The zero-order chi connectivity index (χ0) is 20.1. The summed E-state index contributed by atoms with van der Waals surface area (Å²) in [4.78, 5) is 13.1. The fourth-order valence-corrected chi connectivity index (χ4v) is 4.04. The van der Waals surface area contributed by atoms with Gasteiger partial charge in [0.05, 0.1) is 17.7 Å². The number of rotatable bonds is 7. The Morgan fingerprint density at radius 2 is 2.07 bits per heavy atom. The molecule has 0 bridgehead atoms. The van der Waals surface area contributed by atoms with Crippen molar-refractivity contribution >= 4 is 45.4 Å². The molecule has 1 heterocycles. The number of anilines is 1. The molecule has 0 aromatic heterocycles. The van der Waals surface area contributed by atoms with Gasteiger partial charge in [0.2, 0.25) is 0 Å². The van der Waals surface area contributed by atoms with E-state index in [2.05, 4.69) is 33.1 Å². The molecule has 1 unspecified atom stereocenters. The predicted octanol–water partition coefficient (Wildman–Crippen LogP) is 4.93. The average Bonchev–Trinajstić information content (AvgIpc) is 3.00. The van der Waals surface area contributed by atoms with Gasteiger partial charge in [-0.25, -0.2) is 0 Å². The number of carbonyl (C=O) groups excluding carboxylic acids is 1. The molecule has 1 saturated heterocycles. The molecule has 1 aliphatic heterocycles. The van der Waals surface area contributed by atoms with Crippen molar-refractivity contribution in [3.05, 3.63) is 69.6 Å². The van der Waals surface area contributed by atoms with Gasteiger partial charge >= 0.3 is 0 Å². The number of hydrogen-bond acceptors (Lipinski definition) is 5. The lowest BCUT2D eigenvalue weighted by Crippen LogP contribution is -2.31. The molecule has 5 nitrogen and oxygen atoms in total. The summed E-state index contributed by atoms with van der Waals surface area (Å²) in [5.41, 5.74) is 2.47. The van der Waals surface area contributed by atoms with Crippen LogP contribution in [0.1, 0.15) is 11.1 Å². The molecule has 1 atom stereocenters. The molecule has 28 heavy (non-hydrogen) atoms. The maximum Gasteiger partial charge on any atom is 0.260 e. The minimum absolute atomic E-state index is 0.135. The molecular weight excluding hydrogens is 440 g/mol. The van der Waals surface area contributed by atoms with Crippen molar-refractivity contribution in [3.8, 4) is 11.5 Å². The summed E-state index contributed by atoms with van der Waals surface area (Å²) in [7, 11) is 1.62. The van der Waals surface area contributed by atoms with E-state index in [0.29, 0.717) is 17.3 Å². The molecule has 7 heteroatoms. The number of halogens is 1. The molecular formula is C21H21BrN2O3S.